The smallest absolute Gasteiger partial charge is 0.128 e. The fraction of sp³-hybridized carbons (Fsp3) is 0.769. The van der Waals surface area contributed by atoms with E-state index in [2.05, 4.69) is 22.1 Å². The molecule has 18 heavy (non-hydrogen) atoms. The Morgan fingerprint density at radius 3 is 2.72 bits per heavy atom. The number of nitrogens with zero attached hydrogens (tertiary/aromatic N) is 3. The van der Waals surface area contributed by atoms with Crippen LogP contribution in [0.1, 0.15) is 32.0 Å². The van der Waals surface area contributed by atoms with Gasteiger partial charge in [-0.15, -0.1) is 0 Å². The van der Waals surface area contributed by atoms with E-state index in [0.29, 0.717) is 11.2 Å². The van der Waals surface area contributed by atoms with Crippen LogP contribution in [-0.4, -0.2) is 40.1 Å². The molecule has 0 amide bonds. The summed E-state index contributed by atoms with van der Waals surface area (Å²) < 4.78 is 1.92. The van der Waals surface area contributed by atoms with Crippen molar-refractivity contribution in [3.05, 3.63) is 17.2 Å². The highest BCUT2D eigenvalue weighted by atomic mass is 35.5. The number of imidazole rings is 1. The third-order valence-corrected chi connectivity index (χ3v) is 4.12. The van der Waals surface area contributed by atoms with Crippen molar-refractivity contribution in [1.29, 1.82) is 0 Å². The molecule has 5 heteroatoms. The lowest BCUT2D eigenvalue weighted by Gasteiger charge is -2.32. The van der Waals surface area contributed by atoms with E-state index < -0.39 is 0 Å². The number of hydrogen-bond acceptors (Lipinski definition) is 3. The largest absolute Gasteiger partial charge is 0.321 e. The number of nitrogens with one attached hydrogen (secondary N) is 1. The van der Waals surface area contributed by atoms with Crippen LogP contribution >= 0.6 is 11.6 Å². The summed E-state index contributed by atoms with van der Waals surface area (Å²) >= 11 is 5.96. The minimum absolute atomic E-state index is 0.598. The number of likely N-dealkylation sites (tertiary alicyclic amines) is 1. The van der Waals surface area contributed by atoms with Crippen LogP contribution in [0.4, 0.5) is 0 Å². The first-order valence-electron chi connectivity index (χ1n) is 6.79. The Kier molecular flexibility index (Phi) is 5.03. The van der Waals surface area contributed by atoms with Gasteiger partial charge >= 0.3 is 0 Å². The number of rotatable bonds is 5. The van der Waals surface area contributed by atoms with E-state index in [1.54, 1.807) is 6.20 Å². The molecule has 0 spiro atoms. The molecule has 1 aromatic rings. The maximum atomic E-state index is 5.96. The molecule has 0 aromatic carbocycles. The lowest BCUT2D eigenvalue weighted by molar-refractivity contribution is 0.170. The fourth-order valence-electron chi connectivity index (χ4n) is 2.47. The molecule has 1 fully saturated rings. The molecule has 0 radical (unpaired) electrons. The predicted octanol–water partition coefficient (Wildman–Crippen LogP) is 2.04. The second kappa shape index (κ2) is 6.55. The van der Waals surface area contributed by atoms with Crippen molar-refractivity contribution >= 4 is 11.6 Å². The summed E-state index contributed by atoms with van der Waals surface area (Å²) in [6.07, 6.45) is 5.79. The molecule has 1 aliphatic rings. The van der Waals surface area contributed by atoms with E-state index >= 15 is 0 Å². The van der Waals surface area contributed by atoms with Gasteiger partial charge in [0.1, 0.15) is 11.0 Å². The molecule has 2 rings (SSSR count). The number of halogens is 1. The van der Waals surface area contributed by atoms with E-state index in [-0.39, 0.29) is 0 Å². The van der Waals surface area contributed by atoms with Crippen LogP contribution in [0, 0.1) is 0 Å². The number of aromatic nitrogens is 2. The molecule has 1 aromatic heterocycles. The molecule has 1 atom stereocenters. The molecule has 0 saturated carbocycles. The van der Waals surface area contributed by atoms with Gasteiger partial charge in [-0.25, -0.2) is 4.98 Å². The molecule has 0 aliphatic carbocycles. The molecule has 1 saturated heterocycles. The zero-order chi connectivity index (χ0) is 13.0. The molecule has 4 nitrogen and oxygen atoms in total. The van der Waals surface area contributed by atoms with Gasteiger partial charge in [0.2, 0.25) is 0 Å². The van der Waals surface area contributed by atoms with Crippen molar-refractivity contribution < 1.29 is 0 Å². The Labute approximate surface area is 114 Å². The van der Waals surface area contributed by atoms with Gasteiger partial charge in [-0.3, -0.25) is 4.90 Å². The normalized spacial score (nSPS) is 19.1. The minimum atomic E-state index is 0.598. The van der Waals surface area contributed by atoms with Crippen molar-refractivity contribution in [3.8, 4) is 0 Å². The van der Waals surface area contributed by atoms with Gasteiger partial charge in [0, 0.05) is 19.6 Å². The fourth-order valence-corrected chi connectivity index (χ4v) is 2.62. The minimum Gasteiger partial charge on any atom is -0.321 e. The van der Waals surface area contributed by atoms with Gasteiger partial charge in [-0.2, -0.15) is 0 Å². The van der Waals surface area contributed by atoms with Crippen LogP contribution in [0.5, 0.6) is 0 Å². The van der Waals surface area contributed by atoms with Crippen molar-refractivity contribution in [2.75, 3.05) is 19.6 Å². The highest BCUT2D eigenvalue weighted by molar-refractivity contribution is 6.29. The van der Waals surface area contributed by atoms with E-state index in [9.17, 15) is 0 Å². The van der Waals surface area contributed by atoms with Crippen LogP contribution in [0.15, 0.2) is 6.20 Å². The van der Waals surface area contributed by atoms with Gasteiger partial charge in [-0.1, -0.05) is 18.0 Å². The molecular formula is C13H23ClN4. The van der Waals surface area contributed by atoms with Crippen molar-refractivity contribution in [1.82, 2.24) is 19.8 Å². The zero-order valence-corrected chi connectivity index (χ0v) is 12.1. The predicted molar refractivity (Wildman–Crippen MR) is 74.8 cm³/mol. The van der Waals surface area contributed by atoms with Gasteiger partial charge in [0.15, 0.2) is 0 Å². The van der Waals surface area contributed by atoms with Crippen molar-refractivity contribution in [2.24, 2.45) is 7.05 Å². The first kappa shape index (κ1) is 13.8. The van der Waals surface area contributed by atoms with Crippen LogP contribution < -0.4 is 5.32 Å². The van der Waals surface area contributed by atoms with Gasteiger partial charge in [-0.05, 0) is 32.9 Å². The summed E-state index contributed by atoms with van der Waals surface area (Å²) in [4.78, 5) is 6.85. The van der Waals surface area contributed by atoms with E-state index in [0.717, 1.165) is 18.9 Å². The Balaban J connectivity index is 1.73. The lowest BCUT2D eigenvalue weighted by atomic mass is 10.1. The molecule has 2 heterocycles. The first-order valence-corrected chi connectivity index (χ1v) is 7.17. The van der Waals surface area contributed by atoms with Crippen LogP contribution in [0.25, 0.3) is 0 Å². The molecule has 102 valence electrons. The summed E-state index contributed by atoms with van der Waals surface area (Å²) in [5, 5.41) is 4.16. The summed E-state index contributed by atoms with van der Waals surface area (Å²) in [5.74, 6) is 0.992. The average molecular weight is 271 g/mol. The number of hydrogen-bond donors (Lipinski definition) is 1. The highest BCUT2D eigenvalue weighted by Gasteiger charge is 2.16. The summed E-state index contributed by atoms with van der Waals surface area (Å²) in [5.41, 5.74) is 0. The van der Waals surface area contributed by atoms with E-state index in [1.807, 2.05) is 11.6 Å². The summed E-state index contributed by atoms with van der Waals surface area (Å²) in [6.45, 7) is 6.57. The first-order chi connectivity index (χ1) is 8.68. The Morgan fingerprint density at radius 1 is 1.39 bits per heavy atom. The Hall–Kier alpha value is -0.580. The zero-order valence-electron chi connectivity index (χ0n) is 11.3. The topological polar surface area (TPSA) is 33.1 Å². The SMILES string of the molecule is CC(CNCc1ncc(Cl)n1C)N1CCCCC1. The van der Waals surface area contributed by atoms with E-state index in [4.69, 9.17) is 11.6 Å². The molecule has 1 aliphatic heterocycles. The van der Waals surface area contributed by atoms with Crippen molar-refractivity contribution in [3.63, 3.8) is 0 Å². The maximum Gasteiger partial charge on any atom is 0.128 e. The number of piperidine rings is 1. The average Bonchev–Trinajstić information content (AvgIpc) is 2.71. The van der Waals surface area contributed by atoms with Gasteiger partial charge in [0.25, 0.3) is 0 Å². The molecule has 1 unspecified atom stereocenters. The standard InChI is InChI=1S/C13H23ClN4/c1-11(18-6-4-3-5-7-18)8-15-10-13-16-9-12(14)17(13)2/h9,11,15H,3-8,10H2,1-2H3. The highest BCUT2D eigenvalue weighted by Crippen LogP contribution is 2.12. The van der Waals surface area contributed by atoms with E-state index in [1.165, 1.54) is 32.4 Å². The molecular weight excluding hydrogens is 248 g/mol. The van der Waals surface area contributed by atoms with Crippen LogP contribution in [0.3, 0.4) is 0 Å². The quantitative estimate of drug-likeness (QED) is 0.889. The van der Waals surface area contributed by atoms with Gasteiger partial charge < -0.3 is 9.88 Å². The summed E-state index contributed by atoms with van der Waals surface area (Å²) in [6, 6.07) is 0.598. The summed E-state index contributed by atoms with van der Waals surface area (Å²) in [7, 11) is 1.94. The van der Waals surface area contributed by atoms with Crippen LogP contribution in [-0.2, 0) is 13.6 Å². The monoisotopic (exact) mass is 270 g/mol. The second-order valence-electron chi connectivity index (χ2n) is 5.13. The molecule has 0 bridgehead atoms. The lowest BCUT2D eigenvalue weighted by Crippen LogP contribution is -2.43. The Morgan fingerprint density at radius 2 is 2.11 bits per heavy atom. The third-order valence-electron chi connectivity index (χ3n) is 3.76. The molecule has 1 N–H and O–H groups in total. The van der Waals surface area contributed by atoms with Crippen molar-refractivity contribution in [2.45, 2.75) is 38.8 Å². The third kappa shape index (κ3) is 3.46. The Bertz CT molecular complexity index is 371. The van der Waals surface area contributed by atoms with Gasteiger partial charge in [0.05, 0.1) is 12.7 Å². The van der Waals surface area contributed by atoms with Crippen LogP contribution in [0.2, 0.25) is 5.15 Å². The second-order valence-corrected chi connectivity index (χ2v) is 5.52. The maximum absolute atomic E-state index is 5.96.